The second-order valence-electron chi connectivity index (χ2n) is 5.68. The molecule has 0 aliphatic heterocycles. The summed E-state index contributed by atoms with van der Waals surface area (Å²) in [6.45, 7) is 9.67. The molecule has 0 spiro atoms. The van der Waals surface area contributed by atoms with Gasteiger partial charge in [0.2, 0.25) is 0 Å². The maximum absolute atomic E-state index is 5.96. The molecule has 0 aromatic carbocycles. The second kappa shape index (κ2) is 5.86. The molecular weight excluding hydrogens is 186 g/mol. The van der Waals surface area contributed by atoms with Gasteiger partial charge in [0.25, 0.3) is 0 Å². The molecule has 1 saturated carbocycles. The van der Waals surface area contributed by atoms with Crippen LogP contribution in [0.2, 0.25) is 0 Å². The zero-order valence-electron chi connectivity index (χ0n) is 10.7. The standard InChI is InChI=1S/C13H27NO/c1-9(2)12-6-5-10(3)7-13(12)15-8-11(4)14/h9-13H,5-8,14H2,1-4H3/t10?,11-,12?,13?/m1/s1. The van der Waals surface area contributed by atoms with E-state index in [-0.39, 0.29) is 6.04 Å². The van der Waals surface area contributed by atoms with Gasteiger partial charge < -0.3 is 10.5 Å². The molecule has 4 atom stereocenters. The van der Waals surface area contributed by atoms with Crippen molar-refractivity contribution in [1.82, 2.24) is 0 Å². The van der Waals surface area contributed by atoms with Gasteiger partial charge in [0.1, 0.15) is 0 Å². The SMILES string of the molecule is CC1CCC(C(C)C)C(OC[C@@H](C)N)C1. The molecule has 0 aromatic rings. The molecule has 0 bridgehead atoms. The lowest BCUT2D eigenvalue weighted by Crippen LogP contribution is -2.37. The van der Waals surface area contributed by atoms with Crippen LogP contribution in [-0.4, -0.2) is 18.8 Å². The average Bonchev–Trinajstić information content (AvgIpc) is 2.14. The normalized spacial score (nSPS) is 34.4. The number of nitrogens with two attached hydrogens (primary N) is 1. The maximum Gasteiger partial charge on any atom is 0.0618 e. The van der Waals surface area contributed by atoms with Crippen LogP contribution in [0, 0.1) is 17.8 Å². The van der Waals surface area contributed by atoms with Gasteiger partial charge in [0, 0.05) is 6.04 Å². The van der Waals surface area contributed by atoms with Gasteiger partial charge in [-0.2, -0.15) is 0 Å². The predicted octanol–water partition coefficient (Wildman–Crippen LogP) is 2.81. The first-order valence-corrected chi connectivity index (χ1v) is 6.38. The summed E-state index contributed by atoms with van der Waals surface area (Å²) in [5.41, 5.74) is 5.74. The first kappa shape index (κ1) is 13.0. The van der Waals surface area contributed by atoms with Crippen molar-refractivity contribution in [1.29, 1.82) is 0 Å². The Balaban J connectivity index is 2.46. The zero-order chi connectivity index (χ0) is 11.4. The zero-order valence-corrected chi connectivity index (χ0v) is 10.7. The van der Waals surface area contributed by atoms with Crippen molar-refractivity contribution in [2.75, 3.05) is 6.61 Å². The van der Waals surface area contributed by atoms with Crippen LogP contribution in [0.15, 0.2) is 0 Å². The lowest BCUT2D eigenvalue weighted by atomic mass is 9.75. The van der Waals surface area contributed by atoms with Crippen LogP contribution in [0.25, 0.3) is 0 Å². The molecule has 0 heterocycles. The van der Waals surface area contributed by atoms with Crippen molar-refractivity contribution >= 4 is 0 Å². The van der Waals surface area contributed by atoms with Crippen LogP contribution in [0.4, 0.5) is 0 Å². The van der Waals surface area contributed by atoms with Crippen LogP contribution in [0.3, 0.4) is 0 Å². The molecule has 1 rings (SSSR count). The Morgan fingerprint density at radius 3 is 2.47 bits per heavy atom. The molecule has 0 aromatic heterocycles. The van der Waals surface area contributed by atoms with E-state index in [2.05, 4.69) is 20.8 Å². The third kappa shape index (κ3) is 4.12. The van der Waals surface area contributed by atoms with Crippen LogP contribution in [0.5, 0.6) is 0 Å². The number of hydrogen-bond donors (Lipinski definition) is 1. The Bertz CT molecular complexity index is 179. The van der Waals surface area contributed by atoms with Crippen LogP contribution in [-0.2, 0) is 4.74 Å². The van der Waals surface area contributed by atoms with E-state index in [1.165, 1.54) is 19.3 Å². The molecule has 15 heavy (non-hydrogen) atoms. The fourth-order valence-corrected chi connectivity index (χ4v) is 2.58. The summed E-state index contributed by atoms with van der Waals surface area (Å²) in [7, 11) is 0. The molecule has 0 radical (unpaired) electrons. The second-order valence-corrected chi connectivity index (χ2v) is 5.68. The molecule has 1 aliphatic rings. The van der Waals surface area contributed by atoms with E-state index in [4.69, 9.17) is 10.5 Å². The van der Waals surface area contributed by atoms with Gasteiger partial charge in [0.05, 0.1) is 12.7 Å². The van der Waals surface area contributed by atoms with Crippen molar-refractivity contribution in [3.63, 3.8) is 0 Å². The lowest BCUT2D eigenvalue weighted by Gasteiger charge is -2.37. The van der Waals surface area contributed by atoms with Gasteiger partial charge in [-0.25, -0.2) is 0 Å². The van der Waals surface area contributed by atoms with E-state index in [1.54, 1.807) is 0 Å². The quantitative estimate of drug-likeness (QED) is 0.779. The predicted molar refractivity (Wildman–Crippen MR) is 64.7 cm³/mol. The Hall–Kier alpha value is -0.0800. The van der Waals surface area contributed by atoms with E-state index < -0.39 is 0 Å². The van der Waals surface area contributed by atoms with Crippen LogP contribution in [0.1, 0.15) is 47.0 Å². The number of ether oxygens (including phenoxy) is 1. The summed E-state index contributed by atoms with van der Waals surface area (Å²) in [5.74, 6) is 2.29. The Kier molecular flexibility index (Phi) is 5.07. The van der Waals surface area contributed by atoms with E-state index in [0.29, 0.717) is 12.7 Å². The highest BCUT2D eigenvalue weighted by Gasteiger charge is 2.31. The molecule has 0 amide bonds. The average molecular weight is 213 g/mol. The maximum atomic E-state index is 5.96. The largest absolute Gasteiger partial charge is 0.376 e. The van der Waals surface area contributed by atoms with Gasteiger partial charge in [-0.3, -0.25) is 0 Å². The van der Waals surface area contributed by atoms with Crippen LogP contribution >= 0.6 is 0 Å². The van der Waals surface area contributed by atoms with Crippen molar-refractivity contribution in [2.24, 2.45) is 23.5 Å². The molecule has 90 valence electrons. The number of rotatable bonds is 4. The van der Waals surface area contributed by atoms with Gasteiger partial charge in [-0.1, -0.05) is 27.2 Å². The topological polar surface area (TPSA) is 35.2 Å². The minimum Gasteiger partial charge on any atom is -0.376 e. The first-order chi connectivity index (χ1) is 7.00. The molecule has 1 fully saturated rings. The van der Waals surface area contributed by atoms with Gasteiger partial charge >= 0.3 is 0 Å². The summed E-state index contributed by atoms with van der Waals surface area (Å²) < 4.78 is 5.96. The smallest absolute Gasteiger partial charge is 0.0618 e. The number of hydrogen-bond acceptors (Lipinski definition) is 2. The Morgan fingerprint density at radius 1 is 1.27 bits per heavy atom. The molecule has 3 unspecified atom stereocenters. The van der Waals surface area contributed by atoms with Crippen molar-refractivity contribution < 1.29 is 4.74 Å². The van der Waals surface area contributed by atoms with Gasteiger partial charge in [-0.15, -0.1) is 0 Å². The van der Waals surface area contributed by atoms with Crippen molar-refractivity contribution in [2.45, 2.75) is 59.1 Å². The van der Waals surface area contributed by atoms with Gasteiger partial charge in [-0.05, 0) is 37.5 Å². The minimum atomic E-state index is 0.162. The highest BCUT2D eigenvalue weighted by atomic mass is 16.5. The van der Waals surface area contributed by atoms with Crippen molar-refractivity contribution in [3.8, 4) is 0 Å². The van der Waals surface area contributed by atoms with E-state index in [1.807, 2.05) is 6.92 Å². The molecule has 1 aliphatic carbocycles. The summed E-state index contributed by atoms with van der Waals surface area (Å²) >= 11 is 0. The van der Waals surface area contributed by atoms with E-state index >= 15 is 0 Å². The summed E-state index contributed by atoms with van der Waals surface area (Å²) in [4.78, 5) is 0. The monoisotopic (exact) mass is 213 g/mol. The third-order valence-electron chi connectivity index (χ3n) is 3.53. The lowest BCUT2D eigenvalue weighted by molar-refractivity contribution is -0.0416. The molecular formula is C13H27NO. The molecule has 2 N–H and O–H groups in total. The molecule has 0 saturated heterocycles. The highest BCUT2D eigenvalue weighted by molar-refractivity contribution is 4.81. The molecule has 2 heteroatoms. The minimum absolute atomic E-state index is 0.162. The highest BCUT2D eigenvalue weighted by Crippen LogP contribution is 2.35. The first-order valence-electron chi connectivity index (χ1n) is 6.38. The Morgan fingerprint density at radius 2 is 1.93 bits per heavy atom. The summed E-state index contributed by atoms with van der Waals surface area (Å²) in [6.07, 6.45) is 4.35. The Labute approximate surface area is 94.6 Å². The fraction of sp³-hybridized carbons (Fsp3) is 1.00. The van der Waals surface area contributed by atoms with E-state index in [0.717, 1.165) is 17.8 Å². The summed E-state index contributed by atoms with van der Waals surface area (Å²) in [6, 6.07) is 0.162. The van der Waals surface area contributed by atoms with E-state index in [9.17, 15) is 0 Å². The van der Waals surface area contributed by atoms with Crippen molar-refractivity contribution in [3.05, 3.63) is 0 Å². The summed E-state index contributed by atoms with van der Waals surface area (Å²) in [5, 5.41) is 0. The van der Waals surface area contributed by atoms with Crippen LogP contribution < -0.4 is 5.73 Å². The van der Waals surface area contributed by atoms with Gasteiger partial charge in [0.15, 0.2) is 0 Å². The third-order valence-corrected chi connectivity index (χ3v) is 3.53. The molecule has 2 nitrogen and oxygen atoms in total. The fourth-order valence-electron chi connectivity index (χ4n) is 2.58.